The van der Waals surface area contributed by atoms with E-state index >= 15 is 0 Å². The van der Waals surface area contributed by atoms with E-state index in [9.17, 15) is 4.79 Å². The average molecular weight is 348 g/mol. The van der Waals surface area contributed by atoms with Crippen LogP contribution in [0.1, 0.15) is 16.4 Å². The number of carbonyl (C=O) groups is 1. The molecule has 1 heterocycles. The van der Waals surface area contributed by atoms with E-state index in [1.807, 2.05) is 30.3 Å². The lowest BCUT2D eigenvalue weighted by Gasteiger charge is -2.33. The van der Waals surface area contributed by atoms with Gasteiger partial charge in [-0.05, 0) is 30.0 Å². The summed E-state index contributed by atoms with van der Waals surface area (Å²) >= 11 is 7.60. The Kier molecular flexibility index (Phi) is 5.13. The molecule has 0 saturated heterocycles. The minimum Gasteiger partial charge on any atom is -0.491 e. The largest absolute Gasteiger partial charge is 0.491 e. The number of carbonyl (C=O) groups excluding carboxylic acids is 1. The molecule has 3 rings (SSSR count). The topological polar surface area (TPSA) is 38.3 Å². The third-order valence-electron chi connectivity index (χ3n) is 3.89. The van der Waals surface area contributed by atoms with Gasteiger partial charge < -0.3 is 10.1 Å². The van der Waals surface area contributed by atoms with Gasteiger partial charge in [0.1, 0.15) is 12.4 Å². The molecule has 0 aromatic heterocycles. The second kappa shape index (κ2) is 7.28. The zero-order valence-corrected chi connectivity index (χ0v) is 14.4. The first-order valence-corrected chi connectivity index (χ1v) is 9.12. The molecule has 0 aliphatic carbocycles. The number of nitrogens with one attached hydrogen (secondary N) is 1. The Morgan fingerprint density at radius 2 is 2.00 bits per heavy atom. The van der Waals surface area contributed by atoms with Crippen molar-refractivity contribution >= 4 is 29.3 Å². The fourth-order valence-corrected chi connectivity index (χ4v) is 3.83. The summed E-state index contributed by atoms with van der Waals surface area (Å²) in [4.78, 5) is 12.3. The van der Waals surface area contributed by atoms with Crippen LogP contribution in [0.3, 0.4) is 0 Å². The molecule has 0 bridgehead atoms. The van der Waals surface area contributed by atoms with Crippen molar-refractivity contribution in [2.45, 2.75) is 17.7 Å². The van der Waals surface area contributed by atoms with E-state index in [0.717, 1.165) is 16.9 Å². The molecule has 2 unspecified atom stereocenters. The minimum absolute atomic E-state index is 0.000599. The number of halogens is 1. The first kappa shape index (κ1) is 16.2. The number of ether oxygens (including phenoxy) is 1. The lowest BCUT2D eigenvalue weighted by atomic mass is 10.0. The normalized spacial score (nSPS) is 19.6. The molecule has 0 saturated carbocycles. The van der Waals surface area contributed by atoms with Crippen LogP contribution < -0.4 is 10.1 Å². The zero-order valence-electron chi connectivity index (χ0n) is 12.8. The highest BCUT2D eigenvalue weighted by atomic mass is 35.5. The third kappa shape index (κ3) is 3.82. The highest BCUT2D eigenvalue weighted by molar-refractivity contribution is 7.98. The summed E-state index contributed by atoms with van der Waals surface area (Å²) < 4.78 is 5.79. The maximum absolute atomic E-state index is 12.3. The molecule has 2 atom stereocenters. The van der Waals surface area contributed by atoms with Gasteiger partial charge in [-0.2, -0.15) is 11.8 Å². The number of hydrogen-bond donors (Lipinski definition) is 1. The fraction of sp³-hybridized carbons (Fsp3) is 0.278. The molecule has 2 aromatic rings. The second-order valence-corrected chi connectivity index (χ2v) is 6.90. The Bertz CT molecular complexity index is 690. The molecule has 1 N–H and O–H groups in total. The van der Waals surface area contributed by atoms with Crippen molar-refractivity contribution in [2.75, 3.05) is 12.9 Å². The van der Waals surface area contributed by atoms with Crippen molar-refractivity contribution in [3.63, 3.8) is 0 Å². The van der Waals surface area contributed by atoms with Gasteiger partial charge in [0.15, 0.2) is 0 Å². The van der Waals surface area contributed by atoms with Gasteiger partial charge in [0.25, 0.3) is 0 Å². The van der Waals surface area contributed by atoms with Crippen molar-refractivity contribution in [1.29, 1.82) is 0 Å². The summed E-state index contributed by atoms with van der Waals surface area (Å²) in [6, 6.07) is 15.3. The first-order valence-electron chi connectivity index (χ1n) is 7.45. The first-order chi connectivity index (χ1) is 11.2. The third-order valence-corrected chi connectivity index (χ3v) is 5.23. The quantitative estimate of drug-likeness (QED) is 0.912. The summed E-state index contributed by atoms with van der Waals surface area (Å²) in [6.07, 6.45) is 2.40. The highest BCUT2D eigenvalue weighted by Gasteiger charge is 2.31. The maximum atomic E-state index is 12.3. The Morgan fingerprint density at radius 3 is 2.74 bits per heavy atom. The van der Waals surface area contributed by atoms with Gasteiger partial charge in [0.05, 0.1) is 17.7 Å². The van der Waals surface area contributed by atoms with Crippen LogP contribution in [0.25, 0.3) is 0 Å². The molecule has 3 nitrogen and oxygen atoms in total. The van der Waals surface area contributed by atoms with E-state index in [-0.39, 0.29) is 17.2 Å². The summed E-state index contributed by atoms with van der Waals surface area (Å²) in [5.41, 5.74) is 2.09. The number of rotatable bonds is 4. The Morgan fingerprint density at radius 1 is 1.26 bits per heavy atom. The lowest BCUT2D eigenvalue weighted by Crippen LogP contribution is -2.45. The van der Waals surface area contributed by atoms with E-state index in [1.54, 1.807) is 23.9 Å². The number of para-hydroxylation sites is 1. The van der Waals surface area contributed by atoms with Crippen LogP contribution in [0.15, 0.2) is 48.5 Å². The number of amides is 1. The van der Waals surface area contributed by atoms with E-state index in [2.05, 4.69) is 17.6 Å². The molecule has 0 fully saturated rings. The van der Waals surface area contributed by atoms with E-state index in [0.29, 0.717) is 18.1 Å². The Hall–Kier alpha value is -1.65. The van der Waals surface area contributed by atoms with Crippen LogP contribution in [0, 0.1) is 0 Å². The molecular weight excluding hydrogens is 330 g/mol. The van der Waals surface area contributed by atoms with Crippen molar-refractivity contribution in [3.8, 4) is 5.75 Å². The molecule has 1 aliphatic heterocycles. The predicted octanol–water partition coefficient (Wildman–Crippen LogP) is 3.86. The molecular formula is C18H18ClNO2S. The standard InChI is InChI=1S/C18H18ClNO2S/c1-23-18-14-4-2-3-5-16(14)22-11-15(18)20-17(21)10-12-6-8-13(19)9-7-12/h2-9,15,18H,10-11H2,1H3,(H,20,21). The SMILES string of the molecule is CSC1c2ccccc2OCC1NC(=O)Cc1ccc(Cl)cc1. The highest BCUT2D eigenvalue weighted by Crippen LogP contribution is 2.39. The van der Waals surface area contributed by atoms with E-state index in [1.165, 1.54) is 0 Å². The molecule has 120 valence electrons. The summed E-state index contributed by atoms with van der Waals surface area (Å²) in [7, 11) is 0. The minimum atomic E-state index is -0.0281. The van der Waals surface area contributed by atoms with Crippen molar-refractivity contribution in [2.24, 2.45) is 0 Å². The monoisotopic (exact) mass is 347 g/mol. The van der Waals surface area contributed by atoms with E-state index < -0.39 is 0 Å². The van der Waals surface area contributed by atoms with Gasteiger partial charge in [0, 0.05) is 10.6 Å². The summed E-state index contributed by atoms with van der Waals surface area (Å²) in [5, 5.41) is 3.98. The van der Waals surface area contributed by atoms with Crippen LogP contribution in [-0.2, 0) is 11.2 Å². The maximum Gasteiger partial charge on any atom is 0.224 e. The van der Waals surface area contributed by atoms with Gasteiger partial charge in [-0.3, -0.25) is 4.79 Å². The van der Waals surface area contributed by atoms with E-state index in [4.69, 9.17) is 16.3 Å². The van der Waals surface area contributed by atoms with Crippen LogP contribution in [0.4, 0.5) is 0 Å². The average Bonchev–Trinajstić information content (AvgIpc) is 2.57. The Balaban J connectivity index is 1.67. The molecule has 0 radical (unpaired) electrons. The number of fused-ring (bicyclic) bond motifs is 1. The summed E-state index contributed by atoms with van der Waals surface area (Å²) in [6.45, 7) is 0.495. The Labute approximate surface area is 145 Å². The van der Waals surface area contributed by atoms with Crippen molar-refractivity contribution in [1.82, 2.24) is 5.32 Å². The van der Waals surface area contributed by atoms with Crippen LogP contribution in [0.2, 0.25) is 5.02 Å². The lowest BCUT2D eigenvalue weighted by molar-refractivity contribution is -0.121. The molecule has 1 amide bonds. The molecule has 2 aromatic carbocycles. The summed E-state index contributed by atoms with van der Waals surface area (Å²) in [5.74, 6) is 0.911. The number of benzene rings is 2. The van der Waals surface area contributed by atoms with Gasteiger partial charge in [-0.15, -0.1) is 0 Å². The number of thioether (sulfide) groups is 1. The predicted molar refractivity (Wildman–Crippen MR) is 95.3 cm³/mol. The van der Waals surface area contributed by atoms with Crippen LogP contribution >= 0.6 is 23.4 Å². The zero-order chi connectivity index (χ0) is 16.2. The second-order valence-electron chi connectivity index (χ2n) is 5.48. The van der Waals surface area contributed by atoms with Gasteiger partial charge in [0.2, 0.25) is 5.91 Å². The molecule has 23 heavy (non-hydrogen) atoms. The van der Waals surface area contributed by atoms with Gasteiger partial charge in [-0.25, -0.2) is 0 Å². The smallest absolute Gasteiger partial charge is 0.224 e. The van der Waals surface area contributed by atoms with Crippen LogP contribution in [0.5, 0.6) is 5.75 Å². The fourth-order valence-electron chi connectivity index (χ4n) is 2.78. The molecule has 5 heteroatoms. The molecule has 0 spiro atoms. The number of hydrogen-bond acceptors (Lipinski definition) is 3. The molecule has 1 aliphatic rings. The van der Waals surface area contributed by atoms with Crippen LogP contribution in [-0.4, -0.2) is 24.8 Å². The van der Waals surface area contributed by atoms with Crippen molar-refractivity contribution in [3.05, 3.63) is 64.7 Å². The van der Waals surface area contributed by atoms with Crippen molar-refractivity contribution < 1.29 is 9.53 Å². The van der Waals surface area contributed by atoms with Gasteiger partial charge >= 0.3 is 0 Å². The van der Waals surface area contributed by atoms with Gasteiger partial charge in [-0.1, -0.05) is 41.9 Å².